The zero-order valence-electron chi connectivity index (χ0n) is 10.1. The molecule has 0 amide bonds. The largest absolute Gasteiger partial charge is 0.496 e. The maximum Gasteiger partial charge on any atom is 0.308 e. The van der Waals surface area contributed by atoms with Crippen molar-refractivity contribution in [3.63, 3.8) is 0 Å². The van der Waals surface area contributed by atoms with Gasteiger partial charge in [-0.1, -0.05) is 18.2 Å². The highest BCUT2D eigenvalue weighted by atomic mass is 16.5. The van der Waals surface area contributed by atoms with E-state index in [1.807, 2.05) is 31.3 Å². The van der Waals surface area contributed by atoms with Gasteiger partial charge in [0.05, 0.1) is 13.0 Å². The zero-order valence-corrected chi connectivity index (χ0v) is 10.1. The average molecular weight is 235 g/mol. The summed E-state index contributed by atoms with van der Waals surface area (Å²) < 4.78 is 5.31. The SMILES string of the molecule is COc1ccccc1[C@@H]1CN(C)C[C@@H]1C(=O)O. The van der Waals surface area contributed by atoms with Crippen LogP contribution in [0.15, 0.2) is 24.3 Å². The Labute approximate surface area is 101 Å². The molecule has 2 atom stereocenters. The Kier molecular flexibility index (Phi) is 3.33. The summed E-state index contributed by atoms with van der Waals surface area (Å²) in [4.78, 5) is 13.3. The molecule has 1 heterocycles. The number of carboxylic acids is 1. The standard InChI is InChI=1S/C13H17NO3/c1-14-7-10(11(8-14)13(15)16)9-5-3-4-6-12(9)17-2/h3-6,10-11H,7-8H2,1-2H3,(H,15,16)/t10-,11-/m0/s1. The van der Waals surface area contributed by atoms with Gasteiger partial charge in [-0.25, -0.2) is 0 Å². The van der Waals surface area contributed by atoms with Gasteiger partial charge in [0.2, 0.25) is 0 Å². The van der Waals surface area contributed by atoms with Crippen LogP contribution in [-0.4, -0.2) is 43.2 Å². The molecule has 0 aliphatic carbocycles. The van der Waals surface area contributed by atoms with Crippen molar-refractivity contribution in [2.45, 2.75) is 5.92 Å². The third-order valence-electron chi connectivity index (χ3n) is 3.36. The number of likely N-dealkylation sites (tertiary alicyclic amines) is 1. The summed E-state index contributed by atoms with van der Waals surface area (Å²) in [6, 6.07) is 7.66. The lowest BCUT2D eigenvalue weighted by Gasteiger charge is -2.17. The second-order valence-corrected chi connectivity index (χ2v) is 4.51. The number of hydrogen-bond donors (Lipinski definition) is 1. The first-order valence-electron chi connectivity index (χ1n) is 5.67. The number of para-hydroxylation sites is 1. The molecule has 0 radical (unpaired) electrons. The zero-order chi connectivity index (χ0) is 12.4. The smallest absolute Gasteiger partial charge is 0.308 e. The van der Waals surface area contributed by atoms with Gasteiger partial charge >= 0.3 is 5.97 Å². The van der Waals surface area contributed by atoms with Gasteiger partial charge in [-0.15, -0.1) is 0 Å². The Morgan fingerprint density at radius 3 is 2.76 bits per heavy atom. The number of likely N-dealkylation sites (N-methyl/N-ethyl adjacent to an activating group) is 1. The lowest BCUT2D eigenvalue weighted by atomic mass is 9.88. The van der Waals surface area contributed by atoms with Crippen molar-refractivity contribution in [2.75, 3.05) is 27.2 Å². The molecule has 1 aromatic carbocycles. The molecule has 1 fully saturated rings. The van der Waals surface area contributed by atoms with Crippen LogP contribution in [0.1, 0.15) is 11.5 Å². The van der Waals surface area contributed by atoms with Gasteiger partial charge in [0, 0.05) is 19.0 Å². The minimum Gasteiger partial charge on any atom is -0.496 e. The number of benzene rings is 1. The highest BCUT2D eigenvalue weighted by molar-refractivity contribution is 5.72. The molecule has 1 aliphatic heterocycles. The molecule has 17 heavy (non-hydrogen) atoms. The molecule has 1 aromatic rings. The minimum atomic E-state index is -0.731. The molecule has 0 bridgehead atoms. The predicted molar refractivity (Wildman–Crippen MR) is 64.4 cm³/mol. The van der Waals surface area contributed by atoms with E-state index in [2.05, 4.69) is 4.90 Å². The summed E-state index contributed by atoms with van der Waals surface area (Å²) in [6.45, 7) is 1.36. The Bertz CT molecular complexity index is 419. The summed E-state index contributed by atoms with van der Waals surface area (Å²) in [5.41, 5.74) is 0.992. The number of ether oxygens (including phenoxy) is 1. The summed E-state index contributed by atoms with van der Waals surface area (Å²) in [7, 11) is 3.57. The average Bonchev–Trinajstić information content (AvgIpc) is 2.71. The lowest BCUT2D eigenvalue weighted by molar-refractivity contribution is -0.141. The topological polar surface area (TPSA) is 49.8 Å². The number of rotatable bonds is 3. The highest BCUT2D eigenvalue weighted by Gasteiger charge is 2.38. The van der Waals surface area contributed by atoms with Crippen LogP contribution < -0.4 is 4.74 Å². The number of nitrogens with zero attached hydrogens (tertiary/aromatic N) is 1. The molecule has 1 N–H and O–H groups in total. The molecule has 0 spiro atoms. The van der Waals surface area contributed by atoms with E-state index in [0.717, 1.165) is 17.9 Å². The van der Waals surface area contributed by atoms with Crippen LogP contribution >= 0.6 is 0 Å². The summed E-state index contributed by atoms with van der Waals surface area (Å²) in [6.07, 6.45) is 0. The minimum absolute atomic E-state index is 0.00801. The third-order valence-corrected chi connectivity index (χ3v) is 3.36. The predicted octanol–water partition coefficient (Wildman–Crippen LogP) is 1.43. The van der Waals surface area contributed by atoms with Crippen molar-refractivity contribution >= 4 is 5.97 Å². The maximum absolute atomic E-state index is 11.3. The first-order chi connectivity index (χ1) is 8.13. The monoisotopic (exact) mass is 235 g/mol. The van der Waals surface area contributed by atoms with Crippen molar-refractivity contribution < 1.29 is 14.6 Å². The fraction of sp³-hybridized carbons (Fsp3) is 0.462. The highest BCUT2D eigenvalue weighted by Crippen LogP contribution is 2.36. The van der Waals surface area contributed by atoms with E-state index in [4.69, 9.17) is 4.74 Å². The van der Waals surface area contributed by atoms with Crippen LogP contribution in [0.25, 0.3) is 0 Å². The van der Waals surface area contributed by atoms with Crippen LogP contribution in [0.3, 0.4) is 0 Å². The van der Waals surface area contributed by atoms with Crippen LogP contribution in [-0.2, 0) is 4.79 Å². The molecule has 4 heteroatoms. The molecule has 0 aromatic heterocycles. The molecule has 1 aliphatic rings. The van der Waals surface area contributed by atoms with Crippen LogP contribution in [0.5, 0.6) is 5.75 Å². The summed E-state index contributed by atoms with van der Waals surface area (Å²) in [5.74, 6) is -0.297. The number of carboxylic acid groups (broad SMARTS) is 1. The van der Waals surface area contributed by atoms with Gasteiger partial charge in [-0.2, -0.15) is 0 Å². The van der Waals surface area contributed by atoms with Crippen LogP contribution in [0.2, 0.25) is 0 Å². The van der Waals surface area contributed by atoms with E-state index in [0.29, 0.717) is 6.54 Å². The van der Waals surface area contributed by atoms with Crippen LogP contribution in [0.4, 0.5) is 0 Å². The third kappa shape index (κ3) is 2.26. The molecule has 2 rings (SSSR count). The Balaban J connectivity index is 2.34. The van der Waals surface area contributed by atoms with Crippen molar-refractivity contribution in [3.05, 3.63) is 29.8 Å². The fourth-order valence-corrected chi connectivity index (χ4v) is 2.54. The molecule has 0 saturated carbocycles. The molecule has 4 nitrogen and oxygen atoms in total. The number of hydrogen-bond acceptors (Lipinski definition) is 3. The quantitative estimate of drug-likeness (QED) is 0.861. The van der Waals surface area contributed by atoms with E-state index < -0.39 is 5.97 Å². The Hall–Kier alpha value is -1.55. The Morgan fingerprint density at radius 2 is 2.12 bits per heavy atom. The van der Waals surface area contributed by atoms with Crippen molar-refractivity contribution in [1.29, 1.82) is 0 Å². The second kappa shape index (κ2) is 4.75. The lowest BCUT2D eigenvalue weighted by Crippen LogP contribution is -2.21. The fourth-order valence-electron chi connectivity index (χ4n) is 2.54. The van der Waals surface area contributed by atoms with Gasteiger partial charge in [-0.3, -0.25) is 4.79 Å². The molecular formula is C13H17NO3. The van der Waals surface area contributed by atoms with Gasteiger partial charge in [0.1, 0.15) is 5.75 Å². The van der Waals surface area contributed by atoms with E-state index in [1.165, 1.54) is 0 Å². The molecule has 0 unspecified atom stereocenters. The molecular weight excluding hydrogens is 218 g/mol. The number of aliphatic carboxylic acids is 1. The van der Waals surface area contributed by atoms with Crippen molar-refractivity contribution in [3.8, 4) is 5.75 Å². The van der Waals surface area contributed by atoms with E-state index in [9.17, 15) is 9.90 Å². The number of methoxy groups -OCH3 is 1. The van der Waals surface area contributed by atoms with E-state index >= 15 is 0 Å². The summed E-state index contributed by atoms with van der Waals surface area (Å²) >= 11 is 0. The van der Waals surface area contributed by atoms with E-state index in [1.54, 1.807) is 7.11 Å². The van der Waals surface area contributed by atoms with Gasteiger partial charge < -0.3 is 14.7 Å². The van der Waals surface area contributed by atoms with Crippen molar-refractivity contribution in [2.24, 2.45) is 5.92 Å². The second-order valence-electron chi connectivity index (χ2n) is 4.51. The number of carbonyl (C=O) groups is 1. The van der Waals surface area contributed by atoms with Crippen LogP contribution in [0, 0.1) is 5.92 Å². The molecule has 1 saturated heterocycles. The Morgan fingerprint density at radius 1 is 1.41 bits per heavy atom. The van der Waals surface area contributed by atoms with Crippen molar-refractivity contribution in [1.82, 2.24) is 4.90 Å². The maximum atomic E-state index is 11.3. The summed E-state index contributed by atoms with van der Waals surface area (Å²) in [5, 5.41) is 9.26. The van der Waals surface area contributed by atoms with Gasteiger partial charge in [-0.05, 0) is 18.7 Å². The molecule has 92 valence electrons. The first-order valence-corrected chi connectivity index (χ1v) is 5.67. The van der Waals surface area contributed by atoms with Gasteiger partial charge in [0.25, 0.3) is 0 Å². The van der Waals surface area contributed by atoms with E-state index in [-0.39, 0.29) is 11.8 Å². The normalized spacial score (nSPS) is 24.8. The first kappa shape index (κ1) is 11.9. The van der Waals surface area contributed by atoms with Gasteiger partial charge in [0.15, 0.2) is 0 Å².